The van der Waals surface area contributed by atoms with Gasteiger partial charge in [0.15, 0.2) is 0 Å². The van der Waals surface area contributed by atoms with Gasteiger partial charge in [-0.25, -0.2) is 9.78 Å². The van der Waals surface area contributed by atoms with Crippen molar-refractivity contribution in [3.8, 4) is 0 Å². The van der Waals surface area contributed by atoms with Gasteiger partial charge in [0.1, 0.15) is 10.7 Å². The van der Waals surface area contributed by atoms with Crippen LogP contribution in [0.25, 0.3) is 0 Å². The number of rotatable bonds is 1. The first-order chi connectivity index (χ1) is 6.75. The second-order valence-electron chi connectivity index (χ2n) is 4.21. The molecule has 1 aromatic heterocycles. The molecule has 82 valence electrons. The lowest BCUT2D eigenvalue weighted by Gasteiger charge is -2.21. The lowest BCUT2D eigenvalue weighted by Crippen LogP contribution is -2.15. The Morgan fingerprint density at radius 2 is 1.93 bits per heavy atom. The van der Waals surface area contributed by atoms with Gasteiger partial charge in [0.25, 0.3) is 0 Å². The number of halogens is 2. The van der Waals surface area contributed by atoms with Crippen LogP contribution in [0.4, 0.5) is 0 Å². The highest BCUT2D eigenvalue weighted by atomic mass is 35.5. The van der Waals surface area contributed by atoms with Gasteiger partial charge in [-0.2, -0.15) is 0 Å². The molecule has 3 nitrogen and oxygen atoms in total. The maximum Gasteiger partial charge on any atom is 0.340 e. The zero-order chi connectivity index (χ0) is 11.8. The number of carbonyl (C=O) groups is 1. The quantitative estimate of drug-likeness (QED) is 0.775. The average Bonchev–Trinajstić information content (AvgIpc) is 2.00. The molecule has 1 aromatic rings. The monoisotopic (exact) mass is 247 g/mol. The first-order valence-corrected chi connectivity index (χ1v) is 5.08. The van der Waals surface area contributed by atoms with Gasteiger partial charge in [0.05, 0.1) is 5.02 Å². The lowest BCUT2D eigenvalue weighted by atomic mass is 9.87. The van der Waals surface area contributed by atoms with Gasteiger partial charge < -0.3 is 5.11 Å². The van der Waals surface area contributed by atoms with Gasteiger partial charge >= 0.3 is 5.97 Å². The van der Waals surface area contributed by atoms with Crippen LogP contribution in [-0.4, -0.2) is 16.1 Å². The molecular weight excluding hydrogens is 237 g/mol. The minimum Gasteiger partial charge on any atom is -0.478 e. The summed E-state index contributed by atoms with van der Waals surface area (Å²) in [5.74, 6) is -1.16. The van der Waals surface area contributed by atoms with Crippen LogP contribution in [0.1, 0.15) is 36.7 Å². The van der Waals surface area contributed by atoms with E-state index >= 15 is 0 Å². The van der Waals surface area contributed by atoms with Crippen LogP contribution in [-0.2, 0) is 5.41 Å². The molecule has 15 heavy (non-hydrogen) atoms. The van der Waals surface area contributed by atoms with E-state index in [1.165, 1.54) is 6.20 Å². The van der Waals surface area contributed by atoms with Crippen LogP contribution in [0.5, 0.6) is 0 Å². The number of carboxylic acid groups (broad SMARTS) is 1. The van der Waals surface area contributed by atoms with Crippen LogP contribution in [0.15, 0.2) is 6.20 Å². The maximum atomic E-state index is 10.9. The molecule has 0 saturated heterocycles. The third-order valence-electron chi connectivity index (χ3n) is 1.99. The molecule has 0 fully saturated rings. The Kier molecular flexibility index (Phi) is 3.26. The first-order valence-electron chi connectivity index (χ1n) is 4.33. The molecule has 0 bridgehead atoms. The molecule has 0 aliphatic rings. The zero-order valence-electron chi connectivity index (χ0n) is 8.64. The molecule has 0 unspecified atom stereocenters. The predicted octanol–water partition coefficient (Wildman–Crippen LogP) is 3.38. The Hall–Kier alpha value is -0.800. The summed E-state index contributed by atoms with van der Waals surface area (Å²) in [6.45, 7) is 5.78. The summed E-state index contributed by atoms with van der Waals surface area (Å²) in [7, 11) is 0. The second-order valence-corrected chi connectivity index (χ2v) is 4.94. The van der Waals surface area contributed by atoms with Crippen molar-refractivity contribution >= 4 is 29.2 Å². The molecule has 0 aliphatic heterocycles. The SMILES string of the molecule is CC(C)(C)c1cnc(Cl)c(C(=O)O)c1Cl. The average molecular weight is 248 g/mol. The van der Waals surface area contributed by atoms with E-state index in [2.05, 4.69) is 4.98 Å². The highest BCUT2D eigenvalue weighted by Crippen LogP contribution is 2.33. The minimum absolute atomic E-state index is 0.0829. The minimum atomic E-state index is -1.16. The van der Waals surface area contributed by atoms with E-state index in [9.17, 15) is 4.79 Å². The standard InChI is InChI=1S/C10H11Cl2NO2/c1-10(2,3)5-4-13-8(12)6(7(5)11)9(14)15/h4H,1-3H3,(H,14,15). The van der Waals surface area contributed by atoms with Crippen molar-refractivity contribution in [2.75, 3.05) is 0 Å². The van der Waals surface area contributed by atoms with Crippen LogP contribution in [0, 0.1) is 0 Å². The van der Waals surface area contributed by atoms with Crippen LogP contribution < -0.4 is 0 Å². The Morgan fingerprint density at radius 3 is 2.33 bits per heavy atom. The van der Waals surface area contributed by atoms with Gasteiger partial charge in [-0.15, -0.1) is 0 Å². The number of aromatic nitrogens is 1. The lowest BCUT2D eigenvalue weighted by molar-refractivity contribution is 0.0696. The Bertz CT molecular complexity index is 411. The third-order valence-corrected chi connectivity index (χ3v) is 2.67. The predicted molar refractivity (Wildman–Crippen MR) is 59.9 cm³/mol. The van der Waals surface area contributed by atoms with Crippen molar-refractivity contribution in [3.05, 3.63) is 27.5 Å². The van der Waals surface area contributed by atoms with Crippen molar-refractivity contribution < 1.29 is 9.90 Å². The molecule has 0 aliphatic carbocycles. The van der Waals surface area contributed by atoms with E-state index in [1.807, 2.05) is 20.8 Å². The Morgan fingerprint density at radius 1 is 1.40 bits per heavy atom. The Balaban J connectivity index is 3.49. The second kappa shape index (κ2) is 3.99. The summed E-state index contributed by atoms with van der Waals surface area (Å²) in [4.78, 5) is 14.7. The fourth-order valence-corrected chi connectivity index (χ4v) is 1.95. The number of pyridine rings is 1. The van der Waals surface area contributed by atoms with E-state index in [0.29, 0.717) is 5.56 Å². The number of carboxylic acids is 1. The van der Waals surface area contributed by atoms with Crippen LogP contribution in [0.3, 0.4) is 0 Å². The van der Waals surface area contributed by atoms with Crippen molar-refractivity contribution in [2.45, 2.75) is 26.2 Å². The fourth-order valence-electron chi connectivity index (χ4n) is 1.17. The van der Waals surface area contributed by atoms with E-state index in [0.717, 1.165) is 0 Å². The smallest absolute Gasteiger partial charge is 0.340 e. The molecule has 0 saturated carbocycles. The van der Waals surface area contributed by atoms with E-state index in [4.69, 9.17) is 28.3 Å². The van der Waals surface area contributed by atoms with E-state index < -0.39 is 5.97 Å². The molecule has 0 aromatic carbocycles. The molecule has 1 rings (SSSR count). The number of hydrogen-bond donors (Lipinski definition) is 1. The molecule has 0 atom stereocenters. The summed E-state index contributed by atoms with van der Waals surface area (Å²) in [5, 5.41) is 9.01. The molecule has 0 radical (unpaired) electrons. The van der Waals surface area contributed by atoms with Crippen molar-refractivity contribution in [3.63, 3.8) is 0 Å². The Labute approximate surface area is 98.0 Å². The molecule has 0 spiro atoms. The first kappa shape index (κ1) is 12.3. The molecule has 1 heterocycles. The largest absolute Gasteiger partial charge is 0.478 e. The van der Waals surface area contributed by atoms with Gasteiger partial charge in [-0.3, -0.25) is 0 Å². The van der Waals surface area contributed by atoms with Crippen molar-refractivity contribution in [2.24, 2.45) is 0 Å². The topological polar surface area (TPSA) is 50.2 Å². The molecule has 0 amide bonds. The van der Waals surface area contributed by atoms with E-state index in [-0.39, 0.29) is 21.2 Å². The van der Waals surface area contributed by atoms with Crippen molar-refractivity contribution in [1.82, 2.24) is 4.98 Å². The highest BCUT2D eigenvalue weighted by molar-refractivity contribution is 6.39. The fraction of sp³-hybridized carbons (Fsp3) is 0.400. The number of nitrogens with zero attached hydrogens (tertiary/aromatic N) is 1. The summed E-state index contributed by atoms with van der Waals surface area (Å²) in [6.07, 6.45) is 1.51. The normalized spacial score (nSPS) is 11.5. The van der Waals surface area contributed by atoms with Gasteiger partial charge in [0.2, 0.25) is 0 Å². The number of hydrogen-bond acceptors (Lipinski definition) is 2. The van der Waals surface area contributed by atoms with Gasteiger partial charge in [-0.05, 0) is 11.0 Å². The maximum absolute atomic E-state index is 10.9. The molecular formula is C10H11Cl2NO2. The number of aromatic carboxylic acids is 1. The van der Waals surface area contributed by atoms with Gasteiger partial charge in [-0.1, -0.05) is 44.0 Å². The van der Waals surface area contributed by atoms with E-state index in [1.54, 1.807) is 0 Å². The van der Waals surface area contributed by atoms with Gasteiger partial charge in [0, 0.05) is 6.20 Å². The summed E-state index contributed by atoms with van der Waals surface area (Å²) in [5.41, 5.74) is 0.274. The molecule has 5 heteroatoms. The summed E-state index contributed by atoms with van der Waals surface area (Å²) < 4.78 is 0. The summed E-state index contributed by atoms with van der Waals surface area (Å²) >= 11 is 11.7. The third kappa shape index (κ3) is 2.41. The highest BCUT2D eigenvalue weighted by Gasteiger charge is 2.24. The molecule has 1 N–H and O–H groups in total. The van der Waals surface area contributed by atoms with Crippen LogP contribution >= 0.6 is 23.2 Å². The summed E-state index contributed by atoms with van der Waals surface area (Å²) in [6, 6.07) is 0. The van der Waals surface area contributed by atoms with Crippen LogP contribution in [0.2, 0.25) is 10.2 Å². The van der Waals surface area contributed by atoms with Crippen molar-refractivity contribution in [1.29, 1.82) is 0 Å². The zero-order valence-corrected chi connectivity index (χ0v) is 10.1.